The highest BCUT2D eigenvalue weighted by atomic mass is 32.2. The third-order valence-electron chi connectivity index (χ3n) is 4.47. The molecule has 29 heavy (non-hydrogen) atoms. The zero-order valence-electron chi connectivity index (χ0n) is 15.8. The summed E-state index contributed by atoms with van der Waals surface area (Å²) in [5, 5.41) is 6.14. The molecule has 0 bridgehead atoms. The van der Waals surface area contributed by atoms with Gasteiger partial charge in [0.2, 0.25) is 0 Å². The number of aromatic nitrogens is 2. The Balaban J connectivity index is 1.69. The average molecular weight is 408 g/mol. The molecule has 0 spiro atoms. The van der Waals surface area contributed by atoms with Crippen LogP contribution in [0, 0.1) is 0 Å². The van der Waals surface area contributed by atoms with Gasteiger partial charge < -0.3 is 15.4 Å². The van der Waals surface area contributed by atoms with Gasteiger partial charge in [0.25, 0.3) is 0 Å². The molecule has 3 aromatic rings. The van der Waals surface area contributed by atoms with Crippen LogP contribution in [0.15, 0.2) is 71.0 Å². The van der Waals surface area contributed by atoms with E-state index in [1.54, 1.807) is 6.92 Å². The van der Waals surface area contributed by atoms with E-state index in [1.165, 1.54) is 11.8 Å². The molecular weight excluding hydrogens is 388 g/mol. The second kappa shape index (κ2) is 8.40. The van der Waals surface area contributed by atoms with Crippen molar-refractivity contribution in [2.75, 3.05) is 18.9 Å². The number of esters is 1. The molecule has 2 heterocycles. The molecule has 4 rings (SSSR count). The largest absolute Gasteiger partial charge is 0.463 e. The van der Waals surface area contributed by atoms with Crippen LogP contribution in [0.1, 0.15) is 6.92 Å². The fourth-order valence-electron chi connectivity index (χ4n) is 3.13. The molecule has 0 aliphatic carbocycles. The van der Waals surface area contributed by atoms with E-state index in [-0.39, 0.29) is 19.2 Å². The van der Waals surface area contributed by atoms with E-state index in [4.69, 9.17) is 9.72 Å². The van der Waals surface area contributed by atoms with Crippen molar-refractivity contribution in [2.45, 2.75) is 12.1 Å². The lowest BCUT2D eigenvalue weighted by Crippen LogP contribution is -2.44. The predicted molar refractivity (Wildman–Crippen MR) is 112 cm³/mol. The first-order chi connectivity index (χ1) is 14.2. The molecule has 0 saturated carbocycles. The standard InChI is InChI=1S/C21H20N4O3S/c1-2-28-19(26)15-12-22-20(27)23-17(15)13-29-21-24-16-10-6-7-11-18(16)25(21)14-8-4-3-5-9-14/h3-11H,2,12-13H2,1H3,(H2,22,23,27). The first-order valence-corrected chi connectivity index (χ1v) is 10.3. The Morgan fingerprint density at radius 1 is 1.17 bits per heavy atom. The second-order valence-electron chi connectivity index (χ2n) is 6.33. The number of urea groups is 1. The quantitative estimate of drug-likeness (QED) is 0.483. The molecule has 0 unspecified atom stereocenters. The van der Waals surface area contributed by atoms with Crippen molar-refractivity contribution >= 4 is 34.8 Å². The van der Waals surface area contributed by atoms with Crippen molar-refractivity contribution in [3.63, 3.8) is 0 Å². The third-order valence-corrected chi connectivity index (χ3v) is 5.43. The van der Waals surface area contributed by atoms with Crippen LogP contribution in [0.3, 0.4) is 0 Å². The van der Waals surface area contributed by atoms with Gasteiger partial charge >= 0.3 is 12.0 Å². The molecule has 1 aliphatic heterocycles. The lowest BCUT2D eigenvalue weighted by Gasteiger charge is -2.21. The molecule has 0 radical (unpaired) electrons. The minimum Gasteiger partial charge on any atom is -0.463 e. The molecular formula is C21H20N4O3S. The normalized spacial score (nSPS) is 13.9. The topological polar surface area (TPSA) is 85.2 Å². The number of ether oxygens (including phenoxy) is 1. The summed E-state index contributed by atoms with van der Waals surface area (Å²) in [5.41, 5.74) is 3.85. The average Bonchev–Trinajstić information content (AvgIpc) is 3.11. The Labute approximate surface area is 172 Å². The van der Waals surface area contributed by atoms with E-state index in [2.05, 4.69) is 15.2 Å². The Bertz CT molecular complexity index is 1090. The fraction of sp³-hybridized carbons (Fsp3) is 0.190. The van der Waals surface area contributed by atoms with Crippen LogP contribution >= 0.6 is 11.8 Å². The van der Waals surface area contributed by atoms with E-state index in [0.29, 0.717) is 17.0 Å². The lowest BCUT2D eigenvalue weighted by atomic mass is 10.2. The van der Waals surface area contributed by atoms with Gasteiger partial charge in [0.1, 0.15) is 0 Å². The molecule has 2 aromatic carbocycles. The van der Waals surface area contributed by atoms with Crippen LogP contribution in [-0.4, -0.2) is 40.5 Å². The second-order valence-corrected chi connectivity index (χ2v) is 7.27. The number of benzene rings is 2. The maximum absolute atomic E-state index is 12.3. The highest BCUT2D eigenvalue weighted by Gasteiger charge is 2.24. The third kappa shape index (κ3) is 3.97. The highest BCUT2D eigenvalue weighted by Crippen LogP contribution is 2.29. The minimum absolute atomic E-state index is 0.148. The number of rotatable bonds is 6. The van der Waals surface area contributed by atoms with Crippen LogP contribution in [0.5, 0.6) is 0 Å². The molecule has 1 aliphatic rings. The molecule has 8 heteroatoms. The van der Waals surface area contributed by atoms with Crippen molar-refractivity contribution in [3.05, 3.63) is 65.9 Å². The van der Waals surface area contributed by atoms with Gasteiger partial charge in [-0.1, -0.05) is 42.1 Å². The Morgan fingerprint density at radius 3 is 2.72 bits per heavy atom. The number of imidazole rings is 1. The van der Waals surface area contributed by atoms with Gasteiger partial charge in [-0.2, -0.15) is 0 Å². The van der Waals surface area contributed by atoms with Gasteiger partial charge in [-0.15, -0.1) is 0 Å². The number of hydrogen-bond acceptors (Lipinski definition) is 5. The monoisotopic (exact) mass is 408 g/mol. The van der Waals surface area contributed by atoms with Crippen LogP contribution in [0.25, 0.3) is 16.7 Å². The Kier molecular flexibility index (Phi) is 5.53. The van der Waals surface area contributed by atoms with E-state index in [9.17, 15) is 9.59 Å². The van der Waals surface area contributed by atoms with E-state index in [0.717, 1.165) is 21.9 Å². The van der Waals surface area contributed by atoms with Crippen LogP contribution in [-0.2, 0) is 9.53 Å². The van der Waals surface area contributed by atoms with Gasteiger partial charge in [-0.25, -0.2) is 14.6 Å². The first-order valence-electron chi connectivity index (χ1n) is 9.27. The summed E-state index contributed by atoms with van der Waals surface area (Å²) in [6, 6.07) is 17.6. The number of carbonyl (C=O) groups is 2. The van der Waals surface area contributed by atoms with Crippen LogP contribution < -0.4 is 10.6 Å². The van der Waals surface area contributed by atoms with Crippen molar-refractivity contribution < 1.29 is 14.3 Å². The summed E-state index contributed by atoms with van der Waals surface area (Å²) < 4.78 is 7.20. The van der Waals surface area contributed by atoms with Crippen LogP contribution in [0.2, 0.25) is 0 Å². The summed E-state index contributed by atoms with van der Waals surface area (Å²) >= 11 is 1.46. The molecule has 0 saturated heterocycles. The highest BCUT2D eigenvalue weighted by molar-refractivity contribution is 7.99. The number of hydrogen-bond donors (Lipinski definition) is 2. The van der Waals surface area contributed by atoms with Crippen molar-refractivity contribution in [2.24, 2.45) is 0 Å². The number of nitrogens with one attached hydrogen (secondary N) is 2. The zero-order chi connectivity index (χ0) is 20.2. The minimum atomic E-state index is -0.424. The van der Waals surface area contributed by atoms with Crippen molar-refractivity contribution in [3.8, 4) is 5.69 Å². The molecule has 2 amide bonds. The Hall–Kier alpha value is -3.26. The maximum Gasteiger partial charge on any atom is 0.337 e. The number of fused-ring (bicyclic) bond motifs is 1. The number of thioether (sulfide) groups is 1. The summed E-state index contributed by atoms with van der Waals surface area (Å²) in [7, 11) is 0. The predicted octanol–water partition coefficient (Wildman–Crippen LogP) is 3.25. The van der Waals surface area contributed by atoms with Crippen molar-refractivity contribution in [1.82, 2.24) is 20.2 Å². The van der Waals surface area contributed by atoms with Crippen LogP contribution in [0.4, 0.5) is 4.79 Å². The van der Waals surface area contributed by atoms with Crippen molar-refractivity contribution in [1.29, 1.82) is 0 Å². The number of para-hydroxylation sites is 3. The smallest absolute Gasteiger partial charge is 0.337 e. The summed E-state index contributed by atoms with van der Waals surface area (Å²) in [4.78, 5) is 28.8. The lowest BCUT2D eigenvalue weighted by molar-refractivity contribution is -0.138. The van der Waals surface area contributed by atoms with E-state index < -0.39 is 5.97 Å². The Morgan fingerprint density at radius 2 is 1.93 bits per heavy atom. The van der Waals surface area contributed by atoms with E-state index in [1.807, 2.05) is 54.6 Å². The van der Waals surface area contributed by atoms with Gasteiger partial charge in [0, 0.05) is 17.1 Å². The van der Waals surface area contributed by atoms with Gasteiger partial charge in [-0.05, 0) is 31.2 Å². The SMILES string of the molecule is CCOC(=O)C1=C(CSc2nc3ccccc3n2-c2ccccc2)NC(=O)NC1. The van der Waals surface area contributed by atoms with Gasteiger partial charge in [0.15, 0.2) is 5.16 Å². The zero-order valence-corrected chi connectivity index (χ0v) is 16.7. The molecule has 148 valence electrons. The number of nitrogens with zero attached hydrogens (tertiary/aromatic N) is 2. The summed E-state index contributed by atoms with van der Waals surface area (Å²) in [5.74, 6) is -0.0373. The summed E-state index contributed by atoms with van der Waals surface area (Å²) in [6.45, 7) is 2.18. The molecule has 1 aromatic heterocycles. The van der Waals surface area contributed by atoms with Gasteiger partial charge in [-0.3, -0.25) is 4.57 Å². The molecule has 0 fully saturated rings. The maximum atomic E-state index is 12.3. The molecule has 0 atom stereocenters. The number of amides is 2. The van der Waals surface area contributed by atoms with Gasteiger partial charge in [0.05, 0.1) is 29.8 Å². The first kappa shape index (κ1) is 19.1. The molecule has 2 N–H and O–H groups in total. The fourth-order valence-corrected chi connectivity index (χ4v) is 4.15. The molecule has 7 nitrogen and oxygen atoms in total. The summed E-state index contributed by atoms with van der Waals surface area (Å²) in [6.07, 6.45) is 0. The number of carbonyl (C=O) groups excluding carboxylic acids is 2. The van der Waals surface area contributed by atoms with E-state index >= 15 is 0 Å².